The summed E-state index contributed by atoms with van der Waals surface area (Å²) in [5, 5.41) is 10.6. The molecule has 1 aliphatic heterocycles. The van der Waals surface area contributed by atoms with Crippen molar-refractivity contribution < 1.29 is 9.84 Å². The molecule has 0 atom stereocenters. The van der Waals surface area contributed by atoms with Gasteiger partial charge in [-0.2, -0.15) is 4.98 Å². The van der Waals surface area contributed by atoms with Crippen LogP contribution in [0, 0.1) is 0 Å². The van der Waals surface area contributed by atoms with Gasteiger partial charge in [0.15, 0.2) is 5.16 Å². The van der Waals surface area contributed by atoms with Gasteiger partial charge in [0.1, 0.15) is 0 Å². The SMILES string of the molecule is CCCCCCCCc1c(O)nc(SCCN2CCOCC2)[nH]c1=O. The number of aromatic nitrogens is 2. The normalized spacial score (nSPS) is 15.6. The summed E-state index contributed by atoms with van der Waals surface area (Å²) in [4.78, 5) is 21.5. The first-order valence-electron chi connectivity index (χ1n) is 9.45. The van der Waals surface area contributed by atoms with Gasteiger partial charge in [-0.3, -0.25) is 9.69 Å². The van der Waals surface area contributed by atoms with Crippen LogP contribution < -0.4 is 5.56 Å². The second-order valence-electron chi connectivity index (χ2n) is 6.49. The van der Waals surface area contributed by atoms with Crippen LogP contribution in [-0.4, -0.2) is 58.6 Å². The number of aromatic amines is 1. The van der Waals surface area contributed by atoms with E-state index in [9.17, 15) is 9.90 Å². The molecule has 1 aromatic rings. The molecule has 0 aliphatic carbocycles. The lowest BCUT2D eigenvalue weighted by molar-refractivity contribution is 0.0410. The third-order valence-corrected chi connectivity index (χ3v) is 5.36. The van der Waals surface area contributed by atoms with E-state index in [-0.39, 0.29) is 11.4 Å². The molecule has 0 saturated carbocycles. The average molecular weight is 370 g/mol. The molecule has 0 spiro atoms. The van der Waals surface area contributed by atoms with Crippen LogP contribution in [0.15, 0.2) is 9.95 Å². The average Bonchev–Trinajstić information content (AvgIpc) is 2.61. The van der Waals surface area contributed by atoms with Crippen molar-refractivity contribution in [2.45, 2.75) is 57.0 Å². The minimum Gasteiger partial charge on any atom is -0.493 e. The second kappa shape index (κ2) is 11.5. The monoisotopic (exact) mass is 369 g/mol. The fourth-order valence-corrected chi connectivity index (χ4v) is 3.80. The number of hydrogen-bond acceptors (Lipinski definition) is 6. The smallest absolute Gasteiger partial charge is 0.258 e. The van der Waals surface area contributed by atoms with Crippen LogP contribution in [0.5, 0.6) is 5.88 Å². The molecule has 7 heteroatoms. The Morgan fingerprint density at radius 1 is 1.20 bits per heavy atom. The Balaban J connectivity index is 1.75. The van der Waals surface area contributed by atoms with Crippen LogP contribution >= 0.6 is 11.8 Å². The number of thioether (sulfide) groups is 1. The van der Waals surface area contributed by atoms with E-state index in [2.05, 4.69) is 21.8 Å². The van der Waals surface area contributed by atoms with Gasteiger partial charge in [-0.05, 0) is 12.8 Å². The van der Waals surface area contributed by atoms with E-state index in [4.69, 9.17) is 4.74 Å². The minimum absolute atomic E-state index is 0.105. The Hall–Kier alpha value is -1.05. The van der Waals surface area contributed by atoms with Crippen LogP contribution in [-0.2, 0) is 11.2 Å². The van der Waals surface area contributed by atoms with E-state index in [0.717, 1.165) is 51.4 Å². The largest absolute Gasteiger partial charge is 0.493 e. The molecule has 0 radical (unpaired) electrons. The highest BCUT2D eigenvalue weighted by Crippen LogP contribution is 2.18. The van der Waals surface area contributed by atoms with E-state index in [1.54, 1.807) is 0 Å². The summed E-state index contributed by atoms with van der Waals surface area (Å²) in [6, 6.07) is 0. The van der Waals surface area contributed by atoms with Crippen LogP contribution in [0.2, 0.25) is 0 Å². The molecule has 142 valence electrons. The second-order valence-corrected chi connectivity index (χ2v) is 7.58. The molecule has 2 N–H and O–H groups in total. The number of nitrogens with zero attached hydrogens (tertiary/aromatic N) is 2. The van der Waals surface area contributed by atoms with Gasteiger partial charge in [0, 0.05) is 25.4 Å². The molecule has 1 aliphatic rings. The first-order chi connectivity index (χ1) is 12.2. The zero-order valence-electron chi connectivity index (χ0n) is 15.3. The Morgan fingerprint density at radius 3 is 2.64 bits per heavy atom. The fraction of sp³-hybridized carbons (Fsp3) is 0.778. The maximum atomic E-state index is 12.2. The maximum Gasteiger partial charge on any atom is 0.258 e. The molecule has 0 aromatic carbocycles. The van der Waals surface area contributed by atoms with E-state index >= 15 is 0 Å². The van der Waals surface area contributed by atoms with Crippen LogP contribution in [0.25, 0.3) is 0 Å². The van der Waals surface area contributed by atoms with Crippen molar-refractivity contribution in [2.24, 2.45) is 0 Å². The van der Waals surface area contributed by atoms with E-state index < -0.39 is 0 Å². The standard InChI is InChI=1S/C18H31N3O3S/c1-2-3-4-5-6-7-8-15-16(22)19-18(20-17(15)23)25-14-11-21-9-12-24-13-10-21/h2-14H2,1H3,(H2,19,20,22,23). The summed E-state index contributed by atoms with van der Waals surface area (Å²) in [6.07, 6.45) is 7.55. The van der Waals surface area contributed by atoms with E-state index in [1.165, 1.54) is 37.4 Å². The fourth-order valence-electron chi connectivity index (χ4n) is 2.94. The Labute approximate surface area is 154 Å². The number of morpholine rings is 1. The maximum absolute atomic E-state index is 12.2. The number of hydrogen-bond donors (Lipinski definition) is 2. The number of aromatic hydroxyl groups is 1. The van der Waals surface area contributed by atoms with Gasteiger partial charge >= 0.3 is 0 Å². The Kier molecular flexibility index (Phi) is 9.36. The molecule has 0 amide bonds. The summed E-state index contributed by atoms with van der Waals surface area (Å²) in [6.45, 7) is 6.60. The van der Waals surface area contributed by atoms with Crippen molar-refractivity contribution in [2.75, 3.05) is 38.6 Å². The predicted molar refractivity (Wildman–Crippen MR) is 102 cm³/mol. The van der Waals surface area contributed by atoms with Crippen molar-refractivity contribution in [3.05, 3.63) is 15.9 Å². The van der Waals surface area contributed by atoms with E-state index in [1.807, 2.05) is 0 Å². The van der Waals surface area contributed by atoms with Gasteiger partial charge in [-0.25, -0.2) is 0 Å². The molecule has 1 aromatic heterocycles. The van der Waals surface area contributed by atoms with Gasteiger partial charge < -0.3 is 14.8 Å². The molecule has 2 rings (SSSR count). The van der Waals surface area contributed by atoms with Gasteiger partial charge in [0.25, 0.3) is 5.56 Å². The zero-order chi connectivity index (χ0) is 17.9. The van der Waals surface area contributed by atoms with Crippen molar-refractivity contribution >= 4 is 11.8 Å². The van der Waals surface area contributed by atoms with Crippen LogP contribution in [0.3, 0.4) is 0 Å². The van der Waals surface area contributed by atoms with Gasteiger partial charge in [-0.15, -0.1) is 0 Å². The number of unbranched alkanes of at least 4 members (excludes halogenated alkanes) is 5. The predicted octanol–water partition coefficient (Wildman–Crippen LogP) is 2.80. The number of H-pyrrole nitrogens is 1. The molecular formula is C18H31N3O3S. The number of nitrogens with one attached hydrogen (secondary N) is 1. The molecular weight excluding hydrogens is 338 g/mol. The lowest BCUT2D eigenvalue weighted by Gasteiger charge is -2.26. The lowest BCUT2D eigenvalue weighted by Crippen LogP contribution is -2.37. The topological polar surface area (TPSA) is 78.5 Å². The molecule has 2 heterocycles. The molecule has 6 nitrogen and oxygen atoms in total. The van der Waals surface area contributed by atoms with Gasteiger partial charge in [0.2, 0.25) is 5.88 Å². The number of ether oxygens (including phenoxy) is 1. The quantitative estimate of drug-likeness (QED) is 0.355. The highest BCUT2D eigenvalue weighted by molar-refractivity contribution is 7.99. The Morgan fingerprint density at radius 2 is 1.92 bits per heavy atom. The Bertz CT molecular complexity index is 559. The van der Waals surface area contributed by atoms with Crippen molar-refractivity contribution in [3.8, 4) is 5.88 Å². The minimum atomic E-state index is -0.199. The molecule has 1 saturated heterocycles. The molecule has 0 unspecified atom stereocenters. The van der Waals surface area contributed by atoms with Crippen LogP contribution in [0.1, 0.15) is 51.0 Å². The first kappa shape index (κ1) is 20.3. The molecule has 1 fully saturated rings. The van der Waals surface area contributed by atoms with Gasteiger partial charge in [-0.1, -0.05) is 50.8 Å². The molecule has 25 heavy (non-hydrogen) atoms. The number of rotatable bonds is 11. The van der Waals surface area contributed by atoms with Crippen molar-refractivity contribution in [1.29, 1.82) is 0 Å². The van der Waals surface area contributed by atoms with Crippen molar-refractivity contribution in [1.82, 2.24) is 14.9 Å². The van der Waals surface area contributed by atoms with E-state index in [0.29, 0.717) is 17.1 Å². The summed E-state index contributed by atoms with van der Waals surface area (Å²) >= 11 is 1.48. The lowest BCUT2D eigenvalue weighted by atomic mass is 10.1. The summed E-state index contributed by atoms with van der Waals surface area (Å²) in [5.74, 6) is 0.727. The van der Waals surface area contributed by atoms with Crippen molar-refractivity contribution in [3.63, 3.8) is 0 Å². The first-order valence-corrected chi connectivity index (χ1v) is 10.4. The van der Waals surface area contributed by atoms with Gasteiger partial charge in [0.05, 0.1) is 18.8 Å². The molecule has 0 bridgehead atoms. The summed E-state index contributed by atoms with van der Waals surface area (Å²) in [7, 11) is 0. The summed E-state index contributed by atoms with van der Waals surface area (Å²) in [5.41, 5.74) is 0.225. The third-order valence-electron chi connectivity index (χ3n) is 4.50. The van der Waals surface area contributed by atoms with Crippen LogP contribution in [0.4, 0.5) is 0 Å². The summed E-state index contributed by atoms with van der Waals surface area (Å²) < 4.78 is 5.33. The zero-order valence-corrected chi connectivity index (χ0v) is 16.1. The highest BCUT2D eigenvalue weighted by Gasteiger charge is 2.13. The highest BCUT2D eigenvalue weighted by atomic mass is 32.2. The third kappa shape index (κ3) is 7.38.